The van der Waals surface area contributed by atoms with Crippen molar-refractivity contribution in [1.82, 2.24) is 14.7 Å². The topological polar surface area (TPSA) is 89.9 Å². The average Bonchev–Trinajstić information content (AvgIpc) is 3.66. The van der Waals surface area contributed by atoms with E-state index in [0.717, 1.165) is 22.2 Å². The molecule has 38 heavy (non-hydrogen) atoms. The Bertz CT molecular complexity index is 1530. The van der Waals surface area contributed by atoms with Crippen molar-refractivity contribution >= 4 is 45.9 Å². The van der Waals surface area contributed by atoms with Gasteiger partial charge < -0.3 is 14.1 Å². The molecular weight excluding hydrogens is 500 g/mol. The number of benzene rings is 2. The van der Waals surface area contributed by atoms with Gasteiger partial charge in [0.1, 0.15) is 11.3 Å². The number of piperidine rings is 1. The third-order valence-corrected chi connectivity index (χ3v) is 7.75. The van der Waals surface area contributed by atoms with Crippen LogP contribution in [0.4, 0.5) is 0 Å². The lowest BCUT2D eigenvalue weighted by Gasteiger charge is -2.31. The number of carbonyl (C=O) groups excluding carboxylic acids is 2. The van der Waals surface area contributed by atoms with Gasteiger partial charge in [-0.3, -0.25) is 9.59 Å². The van der Waals surface area contributed by atoms with E-state index >= 15 is 0 Å². The van der Waals surface area contributed by atoms with Crippen LogP contribution in [-0.4, -0.2) is 51.4 Å². The number of ether oxygens (including phenoxy) is 1. The van der Waals surface area contributed by atoms with Crippen LogP contribution in [0.15, 0.2) is 81.2 Å². The molecule has 0 N–H and O–H groups in total. The second-order valence-corrected chi connectivity index (χ2v) is 10.2. The standard InChI is InChI=1S/C29H26N4O4S/c1-2-36-28(35)19-12-14-32(15-13-19)29-30-27(34)25(38-29)17-21-18-33(22-9-4-3-5-10-22)31-26(21)24-16-20-8-6-7-11-23(20)37-24/h3-11,16-19H,2,12-15H2,1H3. The molecule has 0 spiro atoms. The van der Waals surface area contributed by atoms with Gasteiger partial charge >= 0.3 is 5.97 Å². The fraction of sp³-hybridized carbons (Fsp3) is 0.241. The number of esters is 1. The summed E-state index contributed by atoms with van der Waals surface area (Å²) in [5.74, 6) is 0.114. The van der Waals surface area contributed by atoms with Gasteiger partial charge in [-0.15, -0.1) is 0 Å². The minimum Gasteiger partial charge on any atom is -0.466 e. The summed E-state index contributed by atoms with van der Waals surface area (Å²) < 4.78 is 13.1. The fourth-order valence-electron chi connectivity index (χ4n) is 4.74. The predicted molar refractivity (Wildman–Crippen MR) is 148 cm³/mol. The van der Waals surface area contributed by atoms with E-state index in [4.69, 9.17) is 14.3 Å². The van der Waals surface area contributed by atoms with Crippen LogP contribution in [0.1, 0.15) is 25.3 Å². The van der Waals surface area contributed by atoms with E-state index in [0.29, 0.717) is 54.1 Å². The number of hydrogen-bond acceptors (Lipinski definition) is 7. The van der Waals surface area contributed by atoms with Gasteiger partial charge in [-0.1, -0.05) is 36.4 Å². The Morgan fingerprint density at radius 1 is 1.13 bits per heavy atom. The monoisotopic (exact) mass is 526 g/mol. The van der Waals surface area contributed by atoms with Gasteiger partial charge in [0.15, 0.2) is 10.9 Å². The lowest BCUT2D eigenvalue weighted by Crippen LogP contribution is -2.39. The van der Waals surface area contributed by atoms with Gasteiger partial charge in [0.2, 0.25) is 0 Å². The van der Waals surface area contributed by atoms with Crippen LogP contribution in [-0.2, 0) is 14.3 Å². The lowest BCUT2D eigenvalue weighted by molar-refractivity contribution is -0.149. The summed E-state index contributed by atoms with van der Waals surface area (Å²) in [5.41, 5.74) is 3.09. The summed E-state index contributed by atoms with van der Waals surface area (Å²) in [6.45, 7) is 3.53. The number of amidine groups is 1. The first-order chi connectivity index (χ1) is 18.6. The molecule has 2 aliphatic heterocycles. The maximum absolute atomic E-state index is 12.9. The number of aromatic nitrogens is 2. The number of fused-ring (bicyclic) bond motifs is 1. The Morgan fingerprint density at radius 3 is 2.66 bits per heavy atom. The highest BCUT2D eigenvalue weighted by Gasteiger charge is 2.32. The van der Waals surface area contributed by atoms with Crippen molar-refractivity contribution in [1.29, 1.82) is 0 Å². The number of rotatable bonds is 5. The highest BCUT2D eigenvalue weighted by molar-refractivity contribution is 8.18. The van der Waals surface area contributed by atoms with Crippen LogP contribution < -0.4 is 0 Å². The zero-order valence-electron chi connectivity index (χ0n) is 20.9. The maximum Gasteiger partial charge on any atom is 0.309 e. The molecule has 0 atom stereocenters. The van der Waals surface area contributed by atoms with Gasteiger partial charge in [-0.2, -0.15) is 10.1 Å². The zero-order chi connectivity index (χ0) is 26.1. The number of thioether (sulfide) groups is 1. The summed E-state index contributed by atoms with van der Waals surface area (Å²) in [6, 6.07) is 19.6. The van der Waals surface area contributed by atoms with Crippen LogP contribution in [0.5, 0.6) is 0 Å². The lowest BCUT2D eigenvalue weighted by atomic mass is 9.97. The van der Waals surface area contributed by atoms with Gasteiger partial charge in [-0.05, 0) is 61.9 Å². The highest BCUT2D eigenvalue weighted by Crippen LogP contribution is 2.36. The van der Waals surface area contributed by atoms with Crippen molar-refractivity contribution in [2.75, 3.05) is 19.7 Å². The maximum atomic E-state index is 12.9. The van der Waals surface area contributed by atoms with E-state index in [2.05, 4.69) is 9.89 Å². The number of amides is 1. The number of para-hydroxylation sites is 2. The Hall–Kier alpha value is -4.11. The first-order valence-corrected chi connectivity index (χ1v) is 13.5. The van der Waals surface area contributed by atoms with Crippen LogP contribution in [0, 0.1) is 5.92 Å². The number of hydrogen-bond donors (Lipinski definition) is 0. The summed E-state index contributed by atoms with van der Waals surface area (Å²) in [4.78, 5) is 31.9. The molecule has 9 heteroatoms. The second-order valence-electron chi connectivity index (χ2n) is 9.19. The van der Waals surface area contributed by atoms with E-state index in [-0.39, 0.29) is 17.8 Å². The highest BCUT2D eigenvalue weighted by atomic mass is 32.2. The van der Waals surface area contributed by atoms with E-state index in [9.17, 15) is 9.59 Å². The van der Waals surface area contributed by atoms with Crippen molar-refractivity contribution in [3.63, 3.8) is 0 Å². The van der Waals surface area contributed by atoms with E-state index in [1.807, 2.05) is 79.9 Å². The molecule has 8 nitrogen and oxygen atoms in total. The fourth-order valence-corrected chi connectivity index (χ4v) is 5.69. The number of likely N-dealkylation sites (tertiary alicyclic amines) is 1. The summed E-state index contributed by atoms with van der Waals surface area (Å²) >= 11 is 1.36. The number of nitrogens with zero attached hydrogens (tertiary/aromatic N) is 4. The molecule has 2 aromatic heterocycles. The molecule has 0 bridgehead atoms. The quantitative estimate of drug-likeness (QED) is 0.249. The Morgan fingerprint density at radius 2 is 1.89 bits per heavy atom. The molecule has 6 rings (SSSR count). The molecule has 4 heterocycles. The second kappa shape index (κ2) is 10.3. The van der Waals surface area contributed by atoms with Crippen LogP contribution in [0.3, 0.4) is 0 Å². The van der Waals surface area contributed by atoms with E-state index < -0.39 is 0 Å². The number of carbonyl (C=O) groups is 2. The number of furan rings is 1. The van der Waals surface area contributed by atoms with Crippen molar-refractivity contribution in [2.45, 2.75) is 19.8 Å². The SMILES string of the molecule is CCOC(=O)C1CCN(C2=NC(=O)C(=Cc3cn(-c4ccccc4)nc3-c3cc4ccccc4o3)S2)CC1. The van der Waals surface area contributed by atoms with E-state index in [1.54, 1.807) is 4.68 Å². The molecule has 1 amide bonds. The smallest absolute Gasteiger partial charge is 0.309 e. The third kappa shape index (κ3) is 4.77. The molecule has 192 valence electrons. The van der Waals surface area contributed by atoms with Crippen LogP contribution in [0.25, 0.3) is 34.2 Å². The summed E-state index contributed by atoms with van der Waals surface area (Å²) in [5, 5.41) is 6.48. The van der Waals surface area contributed by atoms with Gasteiger partial charge in [0, 0.05) is 30.2 Å². The minimum absolute atomic E-state index is 0.0980. The van der Waals surface area contributed by atoms with Crippen molar-refractivity contribution in [3.8, 4) is 17.1 Å². The Labute approximate surface area is 224 Å². The largest absolute Gasteiger partial charge is 0.466 e. The molecule has 1 fully saturated rings. The Kier molecular flexibility index (Phi) is 6.59. The molecule has 0 radical (unpaired) electrons. The first-order valence-electron chi connectivity index (χ1n) is 12.7. The minimum atomic E-state index is -0.277. The molecule has 2 aromatic carbocycles. The molecule has 4 aromatic rings. The summed E-state index contributed by atoms with van der Waals surface area (Å²) in [6.07, 6.45) is 5.11. The molecule has 0 saturated carbocycles. The molecule has 2 aliphatic rings. The average molecular weight is 527 g/mol. The van der Waals surface area contributed by atoms with Gasteiger partial charge in [0.05, 0.1) is 23.1 Å². The first kappa shape index (κ1) is 24.2. The summed E-state index contributed by atoms with van der Waals surface area (Å²) in [7, 11) is 0. The Balaban J connectivity index is 1.28. The van der Waals surface area contributed by atoms with Gasteiger partial charge in [0.25, 0.3) is 5.91 Å². The number of aliphatic imine (C=N–C) groups is 1. The van der Waals surface area contributed by atoms with Crippen molar-refractivity contribution < 1.29 is 18.7 Å². The van der Waals surface area contributed by atoms with Gasteiger partial charge in [-0.25, -0.2) is 4.68 Å². The van der Waals surface area contributed by atoms with Crippen molar-refractivity contribution in [3.05, 3.63) is 77.3 Å². The third-order valence-electron chi connectivity index (χ3n) is 6.70. The van der Waals surface area contributed by atoms with Crippen LogP contribution >= 0.6 is 11.8 Å². The molecule has 1 saturated heterocycles. The predicted octanol–water partition coefficient (Wildman–Crippen LogP) is 5.53. The molecule has 0 unspecified atom stereocenters. The van der Waals surface area contributed by atoms with Crippen LogP contribution in [0.2, 0.25) is 0 Å². The van der Waals surface area contributed by atoms with E-state index in [1.165, 1.54) is 11.8 Å². The normalized spacial score (nSPS) is 17.4. The van der Waals surface area contributed by atoms with Crippen molar-refractivity contribution in [2.24, 2.45) is 10.9 Å². The molecular formula is C29H26N4O4S. The molecule has 0 aliphatic carbocycles. The zero-order valence-corrected chi connectivity index (χ0v) is 21.7.